The van der Waals surface area contributed by atoms with Gasteiger partial charge in [0.2, 0.25) is 5.91 Å². The molecule has 4 rings (SSSR count). The molecule has 1 N–H and O–H groups in total. The van der Waals surface area contributed by atoms with Gasteiger partial charge in [0.25, 0.3) is 0 Å². The van der Waals surface area contributed by atoms with E-state index in [0.29, 0.717) is 17.9 Å². The van der Waals surface area contributed by atoms with Gasteiger partial charge in [-0.15, -0.1) is 0 Å². The van der Waals surface area contributed by atoms with Crippen LogP contribution in [0.15, 0.2) is 4.99 Å². The minimum absolute atomic E-state index is 0.323. The molecule has 4 fully saturated rings. The van der Waals surface area contributed by atoms with Crippen LogP contribution in [0.3, 0.4) is 0 Å². The van der Waals surface area contributed by atoms with Gasteiger partial charge < -0.3 is 15.1 Å². The number of carbonyl (C=O) groups is 1. The van der Waals surface area contributed by atoms with Crippen LogP contribution in [0.4, 0.5) is 0 Å². The lowest BCUT2D eigenvalue weighted by atomic mass is 10.0. The molecule has 0 spiro atoms. The predicted molar refractivity (Wildman–Crippen MR) is 109 cm³/mol. The van der Waals surface area contributed by atoms with Gasteiger partial charge in [0.15, 0.2) is 5.96 Å². The fourth-order valence-electron chi connectivity index (χ4n) is 4.76. The summed E-state index contributed by atoms with van der Waals surface area (Å²) in [6.45, 7) is 10.4. The first-order valence-corrected chi connectivity index (χ1v) is 11.2. The van der Waals surface area contributed by atoms with Crippen LogP contribution in [0, 0.1) is 11.3 Å². The van der Waals surface area contributed by atoms with E-state index < -0.39 is 0 Å². The molecule has 1 amide bonds. The van der Waals surface area contributed by atoms with Gasteiger partial charge >= 0.3 is 0 Å². The van der Waals surface area contributed by atoms with Crippen LogP contribution in [-0.2, 0) is 4.79 Å². The van der Waals surface area contributed by atoms with Gasteiger partial charge in [0.05, 0.1) is 6.54 Å². The number of amides is 1. The summed E-state index contributed by atoms with van der Waals surface area (Å²) in [7, 11) is 0. The van der Waals surface area contributed by atoms with Crippen molar-refractivity contribution < 1.29 is 4.79 Å². The lowest BCUT2D eigenvalue weighted by Gasteiger charge is -2.37. The number of likely N-dealkylation sites (tertiary alicyclic amines) is 1. The highest BCUT2D eigenvalue weighted by atomic mass is 16.2. The molecule has 0 radical (unpaired) electrons. The quantitative estimate of drug-likeness (QED) is 0.568. The molecule has 6 heteroatoms. The maximum Gasteiger partial charge on any atom is 0.236 e. The third-order valence-corrected chi connectivity index (χ3v) is 6.95. The second-order valence-electron chi connectivity index (χ2n) is 9.01. The Bertz CT molecular complexity index is 541. The van der Waals surface area contributed by atoms with E-state index in [9.17, 15) is 4.79 Å². The highest BCUT2D eigenvalue weighted by molar-refractivity contribution is 5.80. The van der Waals surface area contributed by atoms with Crippen molar-refractivity contribution >= 4 is 11.9 Å². The maximum atomic E-state index is 12.5. The predicted octanol–water partition coefficient (Wildman–Crippen LogP) is 1.77. The topological polar surface area (TPSA) is 51.2 Å². The first kappa shape index (κ1) is 19.0. The Hall–Kier alpha value is -1.30. The summed E-state index contributed by atoms with van der Waals surface area (Å²) >= 11 is 0. The smallest absolute Gasteiger partial charge is 0.236 e. The zero-order valence-corrected chi connectivity index (χ0v) is 17.1. The number of hydrogen-bond acceptors (Lipinski definition) is 3. The lowest BCUT2D eigenvalue weighted by molar-refractivity contribution is -0.133. The number of piperidine rings is 1. The largest absolute Gasteiger partial charge is 0.357 e. The highest BCUT2D eigenvalue weighted by Gasteiger charge is 2.53. The first-order chi connectivity index (χ1) is 13.2. The van der Waals surface area contributed by atoms with Crippen molar-refractivity contribution in [2.24, 2.45) is 16.3 Å². The zero-order chi connectivity index (χ0) is 18.7. The third-order valence-electron chi connectivity index (χ3n) is 6.95. The van der Waals surface area contributed by atoms with E-state index in [-0.39, 0.29) is 0 Å². The molecule has 2 heterocycles. The molecule has 0 unspecified atom stereocenters. The van der Waals surface area contributed by atoms with Gasteiger partial charge in [-0.25, -0.2) is 0 Å². The van der Waals surface area contributed by atoms with Crippen molar-refractivity contribution in [1.82, 2.24) is 20.0 Å². The van der Waals surface area contributed by atoms with Crippen molar-refractivity contribution in [2.75, 3.05) is 58.9 Å². The Kier molecular flexibility index (Phi) is 5.90. The number of nitrogens with one attached hydrogen (secondary N) is 1. The minimum Gasteiger partial charge on any atom is -0.357 e. The summed E-state index contributed by atoms with van der Waals surface area (Å²) < 4.78 is 0. The second kappa shape index (κ2) is 8.38. The molecule has 152 valence electrons. The molecule has 0 atom stereocenters. The molecule has 2 saturated carbocycles. The van der Waals surface area contributed by atoms with Crippen LogP contribution >= 0.6 is 0 Å². The molecule has 2 aliphatic carbocycles. The highest BCUT2D eigenvalue weighted by Crippen LogP contribution is 2.61. The molecule has 2 saturated heterocycles. The van der Waals surface area contributed by atoms with Crippen LogP contribution in [0.25, 0.3) is 0 Å². The lowest BCUT2D eigenvalue weighted by Crippen LogP contribution is -2.54. The van der Waals surface area contributed by atoms with Crippen molar-refractivity contribution in [1.29, 1.82) is 0 Å². The average Bonchev–Trinajstić information content (AvgIpc) is 3.60. The van der Waals surface area contributed by atoms with E-state index in [1.165, 1.54) is 44.9 Å². The van der Waals surface area contributed by atoms with Gasteiger partial charge in [-0.05, 0) is 63.2 Å². The Labute approximate surface area is 164 Å². The number of aliphatic imine (C=N–C) groups is 1. The molecule has 0 bridgehead atoms. The van der Waals surface area contributed by atoms with Crippen molar-refractivity contribution in [2.45, 2.75) is 51.9 Å². The van der Waals surface area contributed by atoms with Crippen LogP contribution in [0.5, 0.6) is 0 Å². The minimum atomic E-state index is 0.323. The van der Waals surface area contributed by atoms with E-state index in [1.54, 1.807) is 0 Å². The molecular weight excluding hydrogens is 338 g/mol. The number of piperazine rings is 1. The van der Waals surface area contributed by atoms with Crippen LogP contribution < -0.4 is 5.32 Å². The fraction of sp³-hybridized carbons (Fsp3) is 0.905. The summed E-state index contributed by atoms with van der Waals surface area (Å²) in [4.78, 5) is 24.3. The van der Waals surface area contributed by atoms with Crippen LogP contribution in [-0.4, -0.2) is 85.5 Å². The van der Waals surface area contributed by atoms with Gasteiger partial charge in [-0.1, -0.05) is 0 Å². The van der Waals surface area contributed by atoms with Gasteiger partial charge in [0.1, 0.15) is 0 Å². The van der Waals surface area contributed by atoms with E-state index in [0.717, 1.165) is 64.2 Å². The summed E-state index contributed by atoms with van der Waals surface area (Å²) in [5.74, 6) is 2.37. The van der Waals surface area contributed by atoms with E-state index >= 15 is 0 Å². The molecule has 0 aromatic rings. The third kappa shape index (κ3) is 4.76. The summed E-state index contributed by atoms with van der Waals surface area (Å²) in [5, 5.41) is 3.50. The fourth-order valence-corrected chi connectivity index (χ4v) is 4.76. The Morgan fingerprint density at radius 3 is 2.30 bits per heavy atom. The summed E-state index contributed by atoms with van der Waals surface area (Å²) in [6, 6.07) is 0. The molecule has 0 aromatic heterocycles. The molecule has 4 aliphatic rings. The number of rotatable bonds is 6. The standard InChI is InChI=1S/C21H37N5O/c1-2-22-20(23-17-21(8-9-21)18-6-7-18)26-14-12-24(13-15-26)16-19(27)25-10-4-3-5-11-25/h18H,2-17H2,1H3,(H,22,23). The SMILES string of the molecule is CCNC(=NCC1(C2CC2)CC1)N1CCN(CC(=O)N2CCCCC2)CC1. The Morgan fingerprint density at radius 1 is 1.00 bits per heavy atom. The van der Waals surface area contributed by atoms with E-state index in [2.05, 4.69) is 26.9 Å². The molecule has 6 nitrogen and oxygen atoms in total. The number of hydrogen-bond donors (Lipinski definition) is 1. The van der Waals surface area contributed by atoms with Crippen molar-refractivity contribution in [3.63, 3.8) is 0 Å². The molecule has 27 heavy (non-hydrogen) atoms. The maximum absolute atomic E-state index is 12.5. The molecule has 0 aromatic carbocycles. The normalized spacial score (nSPS) is 26.2. The van der Waals surface area contributed by atoms with Gasteiger partial charge in [-0.3, -0.25) is 14.7 Å². The van der Waals surface area contributed by atoms with Gasteiger partial charge in [0, 0.05) is 52.4 Å². The Morgan fingerprint density at radius 2 is 1.70 bits per heavy atom. The average molecular weight is 376 g/mol. The van der Waals surface area contributed by atoms with Crippen molar-refractivity contribution in [3.05, 3.63) is 0 Å². The number of guanidine groups is 1. The molecular formula is C21H37N5O. The summed E-state index contributed by atoms with van der Waals surface area (Å²) in [5.41, 5.74) is 0.559. The van der Waals surface area contributed by atoms with Crippen molar-refractivity contribution in [3.8, 4) is 0 Å². The Balaban J connectivity index is 1.25. The van der Waals surface area contributed by atoms with Crippen LogP contribution in [0.2, 0.25) is 0 Å². The van der Waals surface area contributed by atoms with E-state index in [4.69, 9.17) is 4.99 Å². The second-order valence-corrected chi connectivity index (χ2v) is 9.01. The number of nitrogens with zero attached hydrogens (tertiary/aromatic N) is 4. The summed E-state index contributed by atoms with van der Waals surface area (Å²) in [6.07, 6.45) is 9.23. The van der Waals surface area contributed by atoms with Gasteiger partial charge in [-0.2, -0.15) is 0 Å². The van der Waals surface area contributed by atoms with E-state index in [1.807, 2.05) is 0 Å². The molecule has 2 aliphatic heterocycles. The number of carbonyl (C=O) groups excluding carboxylic acids is 1. The van der Waals surface area contributed by atoms with Crippen LogP contribution in [0.1, 0.15) is 51.9 Å². The zero-order valence-electron chi connectivity index (χ0n) is 17.1. The first-order valence-electron chi connectivity index (χ1n) is 11.2. The monoisotopic (exact) mass is 375 g/mol.